The van der Waals surface area contributed by atoms with Gasteiger partial charge in [-0.25, -0.2) is 0 Å². The van der Waals surface area contributed by atoms with Crippen LogP contribution in [0.1, 0.15) is 30.9 Å². The minimum atomic E-state index is -0.313. The van der Waals surface area contributed by atoms with Crippen LogP contribution in [-0.4, -0.2) is 12.5 Å². The number of amides is 1. The maximum atomic E-state index is 10.9. The van der Waals surface area contributed by atoms with Gasteiger partial charge in [-0.1, -0.05) is 37.6 Å². The summed E-state index contributed by atoms with van der Waals surface area (Å²) in [6.07, 6.45) is 2.50. The average Bonchev–Trinajstić information content (AvgIpc) is 2.55. The quantitative estimate of drug-likeness (QED) is 0.696. The number of anilines is 1. The number of ether oxygens (including phenoxy) is 1. The number of unbranched alkanes of at least 4 members (excludes halogenated alkanes) is 1. The summed E-state index contributed by atoms with van der Waals surface area (Å²) >= 11 is 0. The molecule has 1 amide bonds. The first kappa shape index (κ1) is 16.9. The second-order valence-electron chi connectivity index (χ2n) is 5.54. The monoisotopic (exact) mass is 312 g/mol. The summed E-state index contributed by atoms with van der Waals surface area (Å²) in [5.74, 6) is 0.602. The fraction of sp³-hybridized carbons (Fsp3) is 0.316. The van der Waals surface area contributed by atoms with Gasteiger partial charge >= 0.3 is 0 Å². The van der Waals surface area contributed by atoms with E-state index in [1.807, 2.05) is 36.4 Å². The van der Waals surface area contributed by atoms with Crippen LogP contribution < -0.4 is 15.8 Å². The smallest absolute Gasteiger partial charge is 0.221 e. The molecule has 2 aromatic rings. The molecule has 0 unspecified atom stereocenters. The fourth-order valence-electron chi connectivity index (χ4n) is 2.18. The minimum Gasteiger partial charge on any atom is -0.494 e. The van der Waals surface area contributed by atoms with E-state index in [2.05, 4.69) is 24.4 Å². The highest BCUT2D eigenvalue weighted by Gasteiger charge is 2.00. The summed E-state index contributed by atoms with van der Waals surface area (Å²) in [6.45, 7) is 3.66. The average molecular weight is 312 g/mol. The molecule has 0 bridgehead atoms. The first-order valence-corrected chi connectivity index (χ1v) is 8.00. The van der Waals surface area contributed by atoms with Gasteiger partial charge in [-0.3, -0.25) is 4.79 Å². The third kappa shape index (κ3) is 6.02. The van der Waals surface area contributed by atoms with E-state index in [1.54, 1.807) is 0 Å². The fourth-order valence-corrected chi connectivity index (χ4v) is 2.18. The molecule has 0 saturated heterocycles. The highest BCUT2D eigenvalue weighted by Crippen LogP contribution is 2.15. The second kappa shape index (κ2) is 8.83. The van der Waals surface area contributed by atoms with Gasteiger partial charge in [-0.2, -0.15) is 0 Å². The highest BCUT2D eigenvalue weighted by atomic mass is 16.5. The van der Waals surface area contributed by atoms with Gasteiger partial charge in [0, 0.05) is 12.2 Å². The van der Waals surface area contributed by atoms with E-state index in [9.17, 15) is 4.79 Å². The molecule has 0 aliphatic rings. The maximum absolute atomic E-state index is 10.9. The van der Waals surface area contributed by atoms with Gasteiger partial charge in [-0.05, 0) is 41.8 Å². The number of rotatable bonds is 9. The molecule has 0 spiro atoms. The Morgan fingerprint density at radius 3 is 2.30 bits per heavy atom. The van der Waals surface area contributed by atoms with Gasteiger partial charge in [0.25, 0.3) is 0 Å². The Kier molecular flexibility index (Phi) is 6.48. The van der Waals surface area contributed by atoms with Crippen molar-refractivity contribution in [2.24, 2.45) is 5.73 Å². The van der Waals surface area contributed by atoms with E-state index >= 15 is 0 Å². The predicted octanol–water partition coefficient (Wildman–Crippen LogP) is 3.51. The number of benzene rings is 2. The lowest BCUT2D eigenvalue weighted by Gasteiger charge is -2.09. The molecule has 0 saturated carbocycles. The molecule has 3 N–H and O–H groups in total. The van der Waals surface area contributed by atoms with E-state index in [0.717, 1.165) is 43.0 Å². The Morgan fingerprint density at radius 2 is 1.70 bits per heavy atom. The van der Waals surface area contributed by atoms with Crippen LogP contribution in [0.15, 0.2) is 48.5 Å². The van der Waals surface area contributed by atoms with Crippen LogP contribution in [-0.2, 0) is 17.8 Å². The summed E-state index contributed by atoms with van der Waals surface area (Å²) in [6, 6.07) is 15.9. The van der Waals surface area contributed by atoms with Crippen LogP contribution in [0.25, 0.3) is 0 Å². The minimum absolute atomic E-state index is 0.278. The molecule has 2 rings (SSSR count). The van der Waals surface area contributed by atoms with E-state index in [4.69, 9.17) is 10.5 Å². The van der Waals surface area contributed by atoms with E-state index in [1.165, 1.54) is 5.56 Å². The highest BCUT2D eigenvalue weighted by molar-refractivity contribution is 5.76. The number of carbonyl (C=O) groups is 1. The third-order valence-electron chi connectivity index (χ3n) is 3.52. The van der Waals surface area contributed by atoms with Crippen molar-refractivity contribution in [2.75, 3.05) is 11.9 Å². The third-order valence-corrected chi connectivity index (χ3v) is 3.52. The summed E-state index contributed by atoms with van der Waals surface area (Å²) in [5, 5.41) is 3.36. The molecule has 0 aliphatic heterocycles. The summed E-state index contributed by atoms with van der Waals surface area (Å²) in [4.78, 5) is 10.9. The van der Waals surface area contributed by atoms with E-state index in [0.29, 0.717) is 0 Å². The van der Waals surface area contributed by atoms with Crippen molar-refractivity contribution in [3.05, 3.63) is 59.7 Å². The van der Waals surface area contributed by atoms with Gasteiger partial charge < -0.3 is 15.8 Å². The SMILES string of the molecule is CCCCOc1ccc(CNc2ccc(CC(N)=O)cc2)cc1. The standard InChI is InChI=1S/C19H24N2O2/c1-2-3-12-23-18-10-6-16(7-11-18)14-21-17-8-4-15(5-9-17)13-19(20)22/h4-11,21H,2-3,12-14H2,1H3,(H2,20,22). The Bertz CT molecular complexity index is 606. The zero-order valence-electron chi connectivity index (χ0n) is 13.5. The van der Waals surface area contributed by atoms with Crippen molar-refractivity contribution in [1.29, 1.82) is 0 Å². The molecule has 2 aromatic carbocycles. The number of primary amides is 1. The van der Waals surface area contributed by atoms with Crippen molar-refractivity contribution >= 4 is 11.6 Å². The van der Waals surface area contributed by atoms with Gasteiger partial charge in [0.2, 0.25) is 5.91 Å². The summed E-state index contributed by atoms with van der Waals surface area (Å²) in [7, 11) is 0. The van der Waals surface area contributed by atoms with Gasteiger partial charge in [0.1, 0.15) is 5.75 Å². The molecule has 0 heterocycles. The van der Waals surface area contributed by atoms with E-state index < -0.39 is 0 Å². The molecule has 4 nitrogen and oxygen atoms in total. The molecular formula is C19H24N2O2. The van der Waals surface area contributed by atoms with Crippen molar-refractivity contribution < 1.29 is 9.53 Å². The lowest BCUT2D eigenvalue weighted by molar-refractivity contribution is -0.117. The molecule has 122 valence electrons. The zero-order chi connectivity index (χ0) is 16.5. The molecule has 0 aromatic heterocycles. The topological polar surface area (TPSA) is 64.3 Å². The molecular weight excluding hydrogens is 288 g/mol. The predicted molar refractivity (Wildman–Crippen MR) is 93.5 cm³/mol. The van der Waals surface area contributed by atoms with Crippen LogP contribution in [0.2, 0.25) is 0 Å². The summed E-state index contributed by atoms with van der Waals surface area (Å²) in [5.41, 5.74) is 8.31. The first-order valence-electron chi connectivity index (χ1n) is 8.00. The Labute approximate surface area is 137 Å². The van der Waals surface area contributed by atoms with Crippen LogP contribution in [0.5, 0.6) is 5.75 Å². The number of hydrogen-bond donors (Lipinski definition) is 2. The molecule has 0 radical (unpaired) electrons. The van der Waals surface area contributed by atoms with Gasteiger partial charge in [0.15, 0.2) is 0 Å². The van der Waals surface area contributed by atoms with Crippen LogP contribution in [0.3, 0.4) is 0 Å². The van der Waals surface area contributed by atoms with Crippen LogP contribution in [0.4, 0.5) is 5.69 Å². The molecule has 0 aliphatic carbocycles. The molecule has 0 fully saturated rings. The Hall–Kier alpha value is -2.49. The number of nitrogens with two attached hydrogens (primary N) is 1. The Balaban J connectivity index is 1.82. The molecule has 23 heavy (non-hydrogen) atoms. The second-order valence-corrected chi connectivity index (χ2v) is 5.54. The Morgan fingerprint density at radius 1 is 1.04 bits per heavy atom. The van der Waals surface area contributed by atoms with Crippen LogP contribution in [0, 0.1) is 0 Å². The lowest BCUT2D eigenvalue weighted by atomic mass is 10.1. The van der Waals surface area contributed by atoms with Gasteiger partial charge in [-0.15, -0.1) is 0 Å². The van der Waals surface area contributed by atoms with E-state index in [-0.39, 0.29) is 12.3 Å². The van der Waals surface area contributed by atoms with Crippen molar-refractivity contribution in [1.82, 2.24) is 0 Å². The number of hydrogen-bond acceptors (Lipinski definition) is 3. The van der Waals surface area contributed by atoms with Crippen LogP contribution >= 0.6 is 0 Å². The normalized spacial score (nSPS) is 10.3. The lowest BCUT2D eigenvalue weighted by Crippen LogP contribution is -2.13. The zero-order valence-corrected chi connectivity index (χ0v) is 13.5. The van der Waals surface area contributed by atoms with Crippen molar-refractivity contribution in [3.63, 3.8) is 0 Å². The maximum Gasteiger partial charge on any atom is 0.221 e. The summed E-state index contributed by atoms with van der Waals surface area (Å²) < 4.78 is 5.65. The molecule has 0 atom stereocenters. The van der Waals surface area contributed by atoms with Crippen molar-refractivity contribution in [3.8, 4) is 5.75 Å². The largest absolute Gasteiger partial charge is 0.494 e. The first-order chi connectivity index (χ1) is 11.2. The number of nitrogens with one attached hydrogen (secondary N) is 1. The molecule has 4 heteroatoms. The van der Waals surface area contributed by atoms with Gasteiger partial charge in [0.05, 0.1) is 13.0 Å². The number of carbonyl (C=O) groups excluding carboxylic acids is 1. The van der Waals surface area contributed by atoms with Crippen molar-refractivity contribution in [2.45, 2.75) is 32.7 Å².